The maximum absolute atomic E-state index is 12.6. The lowest BCUT2D eigenvalue weighted by Gasteiger charge is -2.34. The smallest absolute Gasteiger partial charge is 0.407 e. The van der Waals surface area contributed by atoms with E-state index in [0.717, 1.165) is 24.2 Å². The highest BCUT2D eigenvalue weighted by atomic mass is 16.6. The zero-order valence-electron chi connectivity index (χ0n) is 23.5. The number of hydrogen-bond donors (Lipinski definition) is 3. The van der Waals surface area contributed by atoms with Gasteiger partial charge in [-0.1, -0.05) is 46.8 Å². The Morgan fingerprint density at radius 3 is 2.38 bits per heavy atom. The van der Waals surface area contributed by atoms with Crippen molar-refractivity contribution in [2.45, 2.75) is 47.3 Å². The predicted octanol–water partition coefficient (Wildman–Crippen LogP) is 5.98. The lowest BCUT2D eigenvalue weighted by molar-refractivity contribution is 0.00886. The number of urea groups is 1. The van der Waals surface area contributed by atoms with Crippen LogP contribution in [-0.4, -0.2) is 54.9 Å². The number of carbonyl (C=O) groups is 2. The molecule has 210 valence electrons. The Labute approximate surface area is 230 Å². The molecule has 3 rings (SSSR count). The van der Waals surface area contributed by atoms with Crippen molar-refractivity contribution in [2.75, 3.05) is 37.4 Å². The molecule has 1 unspecified atom stereocenters. The van der Waals surface area contributed by atoms with Gasteiger partial charge in [0.1, 0.15) is 11.9 Å². The van der Waals surface area contributed by atoms with Gasteiger partial charge in [0.05, 0.1) is 18.9 Å². The third-order valence-electron chi connectivity index (χ3n) is 6.31. The van der Waals surface area contributed by atoms with E-state index in [-0.39, 0.29) is 18.1 Å². The minimum atomic E-state index is -0.471. The first-order valence-corrected chi connectivity index (χ1v) is 13.0. The van der Waals surface area contributed by atoms with Crippen molar-refractivity contribution in [3.05, 3.63) is 60.6 Å². The van der Waals surface area contributed by atoms with Crippen LogP contribution in [0.4, 0.5) is 21.0 Å². The highest BCUT2D eigenvalue weighted by Crippen LogP contribution is 2.32. The summed E-state index contributed by atoms with van der Waals surface area (Å²) < 4.78 is 16.6. The maximum atomic E-state index is 12.6. The molecule has 0 bridgehead atoms. The van der Waals surface area contributed by atoms with E-state index in [1.165, 1.54) is 6.39 Å². The molecule has 3 N–H and O–H groups in total. The van der Waals surface area contributed by atoms with Gasteiger partial charge in [-0.2, -0.15) is 0 Å². The summed E-state index contributed by atoms with van der Waals surface area (Å²) >= 11 is 0. The van der Waals surface area contributed by atoms with E-state index in [0.29, 0.717) is 29.4 Å². The number of likely N-dealkylation sites (N-methyl/N-ethyl adjacent to an activating group) is 1. The number of amides is 3. The van der Waals surface area contributed by atoms with E-state index in [2.05, 4.69) is 60.5 Å². The van der Waals surface area contributed by atoms with Crippen molar-refractivity contribution in [1.82, 2.24) is 15.2 Å². The number of hydrogen-bond acceptors (Lipinski definition) is 7. The van der Waals surface area contributed by atoms with Crippen molar-refractivity contribution in [2.24, 2.45) is 5.41 Å². The van der Waals surface area contributed by atoms with Crippen LogP contribution in [0, 0.1) is 5.41 Å². The second-order valence-corrected chi connectivity index (χ2v) is 10.2. The van der Waals surface area contributed by atoms with Crippen LogP contribution in [-0.2, 0) is 11.3 Å². The topological polar surface area (TPSA) is 118 Å². The number of alkyl carbamates (subject to hydrolysis) is 1. The van der Waals surface area contributed by atoms with Crippen LogP contribution >= 0.6 is 0 Å². The highest BCUT2D eigenvalue weighted by molar-refractivity contribution is 6.00. The maximum Gasteiger partial charge on any atom is 0.407 e. The Kier molecular flexibility index (Phi) is 10.3. The number of nitrogens with zero attached hydrogens (tertiary/aromatic N) is 2. The first kappa shape index (κ1) is 29.5. The second kappa shape index (κ2) is 13.7. The summed E-state index contributed by atoms with van der Waals surface area (Å²) in [5.41, 5.74) is 2.48. The number of ether oxygens (including phenoxy) is 2. The van der Waals surface area contributed by atoms with Crippen LogP contribution in [0.1, 0.15) is 40.2 Å². The number of nitrogens with one attached hydrogen (secondary N) is 3. The molecular formula is C29H39N5O5. The van der Waals surface area contributed by atoms with Crippen LogP contribution in [0.5, 0.6) is 5.75 Å². The van der Waals surface area contributed by atoms with E-state index < -0.39 is 12.1 Å². The van der Waals surface area contributed by atoms with Crippen molar-refractivity contribution < 1.29 is 23.5 Å². The van der Waals surface area contributed by atoms with Gasteiger partial charge in [0.2, 0.25) is 0 Å². The summed E-state index contributed by atoms with van der Waals surface area (Å²) in [7, 11) is 1.54. The SMILES string of the molecule is CCN(CC)CC(OC(=O)NCc1cccc(NC(=O)Nc2ccc(-c3cnco3)c(OC)c2)c1)C(C)(C)C. The standard InChI is InChI=1S/C29H39N5O5/c1-7-34(8-2)18-26(29(3,4)5)39-28(36)31-16-20-10-9-11-21(14-20)32-27(35)33-22-12-13-23(24(15-22)37-6)25-17-30-19-38-25/h9-15,17,19,26H,7-8,16,18H2,1-6H3,(H,31,36)(H2,32,33,35). The average Bonchev–Trinajstić information content (AvgIpc) is 3.44. The van der Waals surface area contributed by atoms with E-state index in [4.69, 9.17) is 13.9 Å². The van der Waals surface area contributed by atoms with Gasteiger partial charge < -0.3 is 34.7 Å². The molecule has 0 radical (unpaired) electrons. The first-order chi connectivity index (χ1) is 18.6. The van der Waals surface area contributed by atoms with E-state index in [1.54, 1.807) is 43.6 Å². The second-order valence-electron chi connectivity index (χ2n) is 10.2. The Morgan fingerprint density at radius 1 is 1.05 bits per heavy atom. The molecule has 0 saturated carbocycles. The third-order valence-corrected chi connectivity index (χ3v) is 6.31. The highest BCUT2D eigenvalue weighted by Gasteiger charge is 2.29. The zero-order valence-corrected chi connectivity index (χ0v) is 23.5. The normalized spacial score (nSPS) is 12.1. The number of carbonyl (C=O) groups excluding carboxylic acids is 2. The largest absolute Gasteiger partial charge is 0.496 e. The average molecular weight is 538 g/mol. The monoisotopic (exact) mass is 537 g/mol. The van der Waals surface area contributed by atoms with Gasteiger partial charge in [0.15, 0.2) is 12.2 Å². The van der Waals surface area contributed by atoms with Crippen molar-refractivity contribution in [3.63, 3.8) is 0 Å². The van der Waals surface area contributed by atoms with Gasteiger partial charge in [0.25, 0.3) is 0 Å². The van der Waals surface area contributed by atoms with Crippen LogP contribution < -0.4 is 20.7 Å². The molecule has 1 heterocycles. The molecular weight excluding hydrogens is 498 g/mol. The summed E-state index contributed by atoms with van der Waals surface area (Å²) in [6.45, 7) is 13.1. The number of rotatable bonds is 11. The summed E-state index contributed by atoms with van der Waals surface area (Å²) in [4.78, 5) is 31.4. The number of benzene rings is 2. The van der Waals surface area contributed by atoms with Crippen molar-refractivity contribution in [1.29, 1.82) is 0 Å². The van der Waals surface area contributed by atoms with Crippen molar-refractivity contribution in [3.8, 4) is 17.1 Å². The zero-order chi connectivity index (χ0) is 28.4. The van der Waals surface area contributed by atoms with Crippen LogP contribution in [0.3, 0.4) is 0 Å². The first-order valence-electron chi connectivity index (χ1n) is 13.0. The van der Waals surface area contributed by atoms with E-state index >= 15 is 0 Å². The minimum absolute atomic E-state index is 0.197. The fourth-order valence-corrected chi connectivity index (χ4v) is 3.92. The van der Waals surface area contributed by atoms with Crippen molar-refractivity contribution >= 4 is 23.5 Å². The molecule has 39 heavy (non-hydrogen) atoms. The Hall–Kier alpha value is -4.05. The molecule has 0 aliphatic carbocycles. The number of aromatic nitrogens is 1. The number of anilines is 2. The summed E-state index contributed by atoms with van der Waals surface area (Å²) in [6, 6.07) is 12.1. The fourth-order valence-electron chi connectivity index (χ4n) is 3.92. The molecule has 10 heteroatoms. The number of methoxy groups -OCH3 is 1. The van der Waals surface area contributed by atoms with Crippen LogP contribution in [0.2, 0.25) is 0 Å². The molecule has 1 atom stereocenters. The minimum Gasteiger partial charge on any atom is -0.496 e. The predicted molar refractivity (Wildman–Crippen MR) is 152 cm³/mol. The molecule has 3 aromatic rings. The summed E-state index contributed by atoms with van der Waals surface area (Å²) in [5, 5.41) is 8.44. The Morgan fingerprint density at radius 2 is 1.77 bits per heavy atom. The quantitative estimate of drug-likeness (QED) is 0.275. The lowest BCUT2D eigenvalue weighted by Crippen LogP contribution is -2.44. The Balaban J connectivity index is 1.56. The summed E-state index contributed by atoms with van der Waals surface area (Å²) in [5.74, 6) is 1.10. The Bertz CT molecular complexity index is 1220. The molecule has 0 saturated heterocycles. The molecule has 0 aliphatic heterocycles. The fraction of sp³-hybridized carbons (Fsp3) is 0.414. The van der Waals surface area contributed by atoms with Gasteiger partial charge >= 0.3 is 12.1 Å². The molecule has 0 aliphatic rings. The van der Waals surface area contributed by atoms with Gasteiger partial charge in [-0.25, -0.2) is 14.6 Å². The third kappa shape index (κ3) is 8.75. The van der Waals surface area contributed by atoms with E-state index in [9.17, 15) is 9.59 Å². The van der Waals surface area contributed by atoms with Gasteiger partial charge in [0, 0.05) is 35.9 Å². The summed E-state index contributed by atoms with van der Waals surface area (Å²) in [6.07, 6.45) is 2.21. The van der Waals surface area contributed by atoms with E-state index in [1.807, 2.05) is 12.1 Å². The van der Waals surface area contributed by atoms with Crippen LogP contribution in [0.25, 0.3) is 11.3 Å². The molecule has 2 aromatic carbocycles. The number of oxazole rings is 1. The van der Waals surface area contributed by atoms with Gasteiger partial charge in [-0.15, -0.1) is 0 Å². The molecule has 3 amide bonds. The lowest BCUT2D eigenvalue weighted by atomic mass is 9.88. The molecule has 0 fully saturated rings. The molecule has 0 spiro atoms. The molecule has 10 nitrogen and oxygen atoms in total. The molecule has 1 aromatic heterocycles. The van der Waals surface area contributed by atoms with Gasteiger partial charge in [-0.3, -0.25) is 0 Å². The van der Waals surface area contributed by atoms with Crippen LogP contribution in [0.15, 0.2) is 59.5 Å². The van der Waals surface area contributed by atoms with Gasteiger partial charge in [-0.05, 0) is 42.9 Å².